The molecule has 3 nitrogen and oxygen atoms in total. The van der Waals surface area contributed by atoms with Crippen LogP contribution in [0.2, 0.25) is 0 Å². The van der Waals surface area contributed by atoms with Gasteiger partial charge in [-0.2, -0.15) is 0 Å². The number of carbonyl (C=O) groups excluding carboxylic acids is 1. The van der Waals surface area contributed by atoms with E-state index in [1.165, 1.54) is 16.6 Å². The molecule has 2 rings (SSSR count). The number of hydrogen-bond acceptors (Lipinski definition) is 4. The summed E-state index contributed by atoms with van der Waals surface area (Å²) >= 11 is 3.18. The predicted octanol–water partition coefficient (Wildman–Crippen LogP) is 2.99. The highest BCUT2D eigenvalue weighted by Gasteiger charge is 2.10. The van der Waals surface area contributed by atoms with Crippen molar-refractivity contribution in [2.24, 2.45) is 0 Å². The van der Waals surface area contributed by atoms with Crippen molar-refractivity contribution in [3.63, 3.8) is 0 Å². The summed E-state index contributed by atoms with van der Waals surface area (Å²) in [5.74, 6) is 0.551. The minimum atomic E-state index is 0.0490. The Kier molecular flexibility index (Phi) is 5.64. The molecule has 1 aromatic heterocycles. The molecule has 1 aromatic carbocycles. The molecule has 1 heterocycles. The van der Waals surface area contributed by atoms with Gasteiger partial charge < -0.3 is 10.0 Å². The van der Waals surface area contributed by atoms with E-state index in [0.717, 1.165) is 10.5 Å². The van der Waals surface area contributed by atoms with Gasteiger partial charge in [-0.1, -0.05) is 18.2 Å². The number of aliphatic hydroxyl groups excluding tert-OH is 1. The van der Waals surface area contributed by atoms with Gasteiger partial charge in [0.15, 0.2) is 0 Å². The number of hydrogen-bond donors (Lipinski definition) is 1. The Bertz CT molecular complexity index is 538. The second-order valence-electron chi connectivity index (χ2n) is 4.42. The lowest BCUT2D eigenvalue weighted by molar-refractivity contribution is -0.127. The molecule has 0 aliphatic rings. The van der Waals surface area contributed by atoms with Crippen molar-refractivity contribution in [1.82, 2.24) is 4.90 Å². The fourth-order valence-electron chi connectivity index (χ4n) is 1.67. The molecule has 20 heavy (non-hydrogen) atoms. The molecule has 0 fully saturated rings. The molecule has 1 N–H and O–H groups in total. The van der Waals surface area contributed by atoms with Gasteiger partial charge >= 0.3 is 0 Å². The zero-order valence-electron chi connectivity index (χ0n) is 11.3. The maximum absolute atomic E-state index is 12.0. The average Bonchev–Trinajstić information content (AvgIpc) is 2.98. The minimum Gasteiger partial charge on any atom is -0.392 e. The third kappa shape index (κ3) is 4.37. The largest absolute Gasteiger partial charge is 0.392 e. The van der Waals surface area contributed by atoms with E-state index in [-0.39, 0.29) is 12.5 Å². The molecular formula is C15H17NO2S2. The van der Waals surface area contributed by atoms with E-state index in [9.17, 15) is 4.79 Å². The first-order valence-electron chi connectivity index (χ1n) is 6.28. The minimum absolute atomic E-state index is 0.0490. The normalized spacial score (nSPS) is 10.5. The van der Waals surface area contributed by atoms with Crippen LogP contribution in [0.15, 0.2) is 46.7 Å². The van der Waals surface area contributed by atoms with E-state index in [0.29, 0.717) is 12.3 Å². The number of aliphatic hydroxyl groups is 1. The maximum Gasteiger partial charge on any atom is 0.233 e. The summed E-state index contributed by atoms with van der Waals surface area (Å²) in [5.41, 5.74) is 0.885. The van der Waals surface area contributed by atoms with Gasteiger partial charge in [0.2, 0.25) is 5.91 Å². The first kappa shape index (κ1) is 15.1. The third-order valence-corrected chi connectivity index (χ3v) is 4.73. The Morgan fingerprint density at radius 2 is 2.05 bits per heavy atom. The van der Waals surface area contributed by atoms with Gasteiger partial charge in [-0.3, -0.25) is 4.79 Å². The summed E-state index contributed by atoms with van der Waals surface area (Å²) in [6.45, 7) is 0.716. The van der Waals surface area contributed by atoms with E-state index >= 15 is 0 Å². The van der Waals surface area contributed by atoms with Crippen molar-refractivity contribution in [1.29, 1.82) is 0 Å². The van der Waals surface area contributed by atoms with Crippen LogP contribution in [-0.4, -0.2) is 28.7 Å². The number of thiophene rings is 1. The number of rotatable bonds is 6. The highest BCUT2D eigenvalue weighted by atomic mass is 32.2. The van der Waals surface area contributed by atoms with Gasteiger partial charge in [-0.15, -0.1) is 23.1 Å². The maximum atomic E-state index is 12.0. The summed E-state index contributed by atoms with van der Waals surface area (Å²) in [6.07, 6.45) is 0. The molecule has 0 radical (unpaired) electrons. The Hall–Kier alpha value is -1.30. The number of nitrogens with zero attached hydrogens (tertiary/aromatic N) is 1. The number of amides is 1. The van der Waals surface area contributed by atoms with Gasteiger partial charge in [0.05, 0.1) is 18.9 Å². The van der Waals surface area contributed by atoms with Crippen LogP contribution in [0.1, 0.15) is 10.4 Å². The second-order valence-corrected chi connectivity index (χ2v) is 6.50. The molecule has 0 saturated carbocycles. The van der Waals surface area contributed by atoms with Crippen molar-refractivity contribution in [2.75, 3.05) is 12.8 Å². The molecular weight excluding hydrogens is 290 g/mol. The first-order valence-corrected chi connectivity index (χ1v) is 8.14. The van der Waals surface area contributed by atoms with Crippen LogP contribution in [0.5, 0.6) is 0 Å². The highest BCUT2D eigenvalue weighted by Crippen LogP contribution is 2.19. The Morgan fingerprint density at radius 1 is 1.30 bits per heavy atom. The van der Waals surface area contributed by atoms with Gasteiger partial charge in [0.25, 0.3) is 0 Å². The van der Waals surface area contributed by atoms with E-state index in [4.69, 9.17) is 5.11 Å². The standard InChI is InChI=1S/C15H17NO2S2/c1-16(9-14-3-2-8-19-14)15(18)11-20-13-6-4-12(10-17)5-7-13/h2-8,17H,9-11H2,1H3. The number of carbonyl (C=O) groups is 1. The monoisotopic (exact) mass is 307 g/mol. The molecule has 0 saturated heterocycles. The number of benzene rings is 1. The van der Waals surface area contributed by atoms with Gasteiger partial charge in [-0.25, -0.2) is 0 Å². The average molecular weight is 307 g/mol. The van der Waals surface area contributed by atoms with Crippen LogP contribution in [0.4, 0.5) is 0 Å². The van der Waals surface area contributed by atoms with E-state index in [1.807, 2.05) is 48.8 Å². The van der Waals surface area contributed by atoms with Crippen molar-refractivity contribution >= 4 is 29.0 Å². The molecule has 0 aliphatic carbocycles. The molecule has 5 heteroatoms. The zero-order chi connectivity index (χ0) is 14.4. The first-order chi connectivity index (χ1) is 9.69. The van der Waals surface area contributed by atoms with Gasteiger partial charge in [-0.05, 0) is 29.1 Å². The quantitative estimate of drug-likeness (QED) is 0.834. The number of thioether (sulfide) groups is 1. The Balaban J connectivity index is 1.81. The van der Waals surface area contributed by atoms with Crippen LogP contribution in [-0.2, 0) is 17.9 Å². The molecule has 0 spiro atoms. The fourth-order valence-corrected chi connectivity index (χ4v) is 3.27. The summed E-state index contributed by atoms with van der Waals surface area (Å²) in [6, 6.07) is 11.7. The topological polar surface area (TPSA) is 40.5 Å². The summed E-state index contributed by atoms with van der Waals surface area (Å²) in [5, 5.41) is 11.0. The fraction of sp³-hybridized carbons (Fsp3) is 0.267. The van der Waals surface area contributed by atoms with Crippen molar-refractivity contribution in [3.05, 3.63) is 52.2 Å². The smallest absolute Gasteiger partial charge is 0.233 e. The van der Waals surface area contributed by atoms with Crippen LogP contribution in [0.25, 0.3) is 0 Å². The van der Waals surface area contributed by atoms with Crippen LogP contribution in [0.3, 0.4) is 0 Å². The lowest BCUT2D eigenvalue weighted by Gasteiger charge is -2.15. The van der Waals surface area contributed by atoms with Gasteiger partial charge in [0.1, 0.15) is 0 Å². The third-order valence-electron chi connectivity index (χ3n) is 2.87. The van der Waals surface area contributed by atoms with Crippen LogP contribution in [0, 0.1) is 0 Å². The van der Waals surface area contributed by atoms with Crippen molar-refractivity contribution in [3.8, 4) is 0 Å². The zero-order valence-corrected chi connectivity index (χ0v) is 12.9. The highest BCUT2D eigenvalue weighted by molar-refractivity contribution is 8.00. The summed E-state index contributed by atoms with van der Waals surface area (Å²) in [7, 11) is 1.83. The molecule has 0 aliphatic heterocycles. The lowest BCUT2D eigenvalue weighted by Crippen LogP contribution is -2.27. The van der Waals surface area contributed by atoms with E-state index in [1.54, 1.807) is 16.2 Å². The molecule has 0 atom stereocenters. The van der Waals surface area contributed by atoms with E-state index < -0.39 is 0 Å². The predicted molar refractivity (Wildman–Crippen MR) is 83.9 cm³/mol. The van der Waals surface area contributed by atoms with Crippen LogP contribution >= 0.6 is 23.1 Å². The van der Waals surface area contributed by atoms with Crippen molar-refractivity contribution in [2.45, 2.75) is 18.0 Å². The summed E-state index contributed by atoms with van der Waals surface area (Å²) in [4.78, 5) is 16.0. The Labute approximate surface area is 127 Å². The molecule has 2 aromatic rings. The molecule has 106 valence electrons. The van der Waals surface area contributed by atoms with Crippen molar-refractivity contribution < 1.29 is 9.90 Å². The second kappa shape index (κ2) is 7.47. The van der Waals surface area contributed by atoms with Gasteiger partial charge in [0, 0.05) is 16.8 Å². The summed E-state index contributed by atoms with van der Waals surface area (Å²) < 4.78 is 0. The lowest BCUT2D eigenvalue weighted by atomic mass is 10.2. The SMILES string of the molecule is CN(Cc1cccs1)C(=O)CSc1ccc(CO)cc1. The molecule has 0 unspecified atom stereocenters. The van der Waals surface area contributed by atoms with E-state index in [2.05, 4.69) is 0 Å². The Morgan fingerprint density at radius 3 is 2.65 bits per heavy atom. The van der Waals surface area contributed by atoms with Crippen LogP contribution < -0.4 is 0 Å². The molecule has 0 bridgehead atoms. The molecule has 1 amide bonds.